The van der Waals surface area contributed by atoms with E-state index in [9.17, 15) is 4.79 Å². The van der Waals surface area contributed by atoms with E-state index in [2.05, 4.69) is 52.5 Å². The Kier molecular flexibility index (Phi) is 8.88. The quantitative estimate of drug-likeness (QED) is 0.454. The number of nitrogens with zero attached hydrogens (tertiary/aromatic N) is 4. The number of benzene rings is 2. The summed E-state index contributed by atoms with van der Waals surface area (Å²) in [6, 6.07) is 18.4. The van der Waals surface area contributed by atoms with Crippen molar-refractivity contribution in [1.29, 1.82) is 5.26 Å². The summed E-state index contributed by atoms with van der Waals surface area (Å²) in [5.74, 6) is 0. The summed E-state index contributed by atoms with van der Waals surface area (Å²) < 4.78 is 2.04. The van der Waals surface area contributed by atoms with Gasteiger partial charge >= 0.3 is 0 Å². The molecule has 32 heavy (non-hydrogen) atoms. The van der Waals surface area contributed by atoms with Crippen LogP contribution in [0.1, 0.15) is 41.6 Å². The van der Waals surface area contributed by atoms with Crippen molar-refractivity contribution in [3.8, 4) is 6.07 Å². The smallest absolute Gasteiger partial charge is 0.207 e. The SMILES string of the molecule is Cc1cccc(N2CCCCC2)c1.N#Cc1ccc(Cn2cncc2CCNC=O)cc1. The predicted octanol–water partition coefficient (Wildman–Crippen LogP) is 4.08. The molecular formula is C26H31N5O. The van der Waals surface area contributed by atoms with Gasteiger partial charge in [0.25, 0.3) is 0 Å². The van der Waals surface area contributed by atoms with Gasteiger partial charge in [-0.15, -0.1) is 0 Å². The number of rotatable bonds is 7. The van der Waals surface area contributed by atoms with Crippen molar-refractivity contribution in [2.75, 3.05) is 24.5 Å². The number of amides is 1. The highest BCUT2D eigenvalue weighted by atomic mass is 16.1. The molecule has 0 atom stereocenters. The Morgan fingerprint density at radius 1 is 1.12 bits per heavy atom. The molecule has 166 valence electrons. The van der Waals surface area contributed by atoms with E-state index in [1.54, 1.807) is 24.7 Å². The average Bonchev–Trinajstić information content (AvgIpc) is 3.27. The van der Waals surface area contributed by atoms with Gasteiger partial charge in [0, 0.05) is 50.2 Å². The van der Waals surface area contributed by atoms with Crippen LogP contribution in [0.2, 0.25) is 0 Å². The third-order valence-electron chi connectivity index (χ3n) is 5.57. The maximum atomic E-state index is 10.2. The fourth-order valence-electron chi connectivity index (χ4n) is 3.82. The van der Waals surface area contributed by atoms with E-state index in [-0.39, 0.29) is 0 Å². The second-order valence-electron chi connectivity index (χ2n) is 8.03. The van der Waals surface area contributed by atoms with E-state index >= 15 is 0 Å². The Hall–Kier alpha value is -3.59. The number of nitrogens with one attached hydrogen (secondary N) is 1. The molecule has 0 spiro atoms. The molecule has 2 heterocycles. The first-order valence-electron chi connectivity index (χ1n) is 11.2. The highest BCUT2D eigenvalue weighted by Gasteiger charge is 2.10. The van der Waals surface area contributed by atoms with Gasteiger partial charge in [0.2, 0.25) is 6.41 Å². The molecule has 1 saturated heterocycles. The molecule has 6 heteroatoms. The van der Waals surface area contributed by atoms with E-state index < -0.39 is 0 Å². The maximum Gasteiger partial charge on any atom is 0.207 e. The molecule has 2 aromatic carbocycles. The first-order valence-corrected chi connectivity index (χ1v) is 11.2. The summed E-state index contributed by atoms with van der Waals surface area (Å²) >= 11 is 0. The summed E-state index contributed by atoms with van der Waals surface area (Å²) in [6.07, 6.45) is 9.13. The average molecular weight is 430 g/mol. The third kappa shape index (κ3) is 6.98. The van der Waals surface area contributed by atoms with Gasteiger partial charge in [-0.05, 0) is 61.6 Å². The van der Waals surface area contributed by atoms with Gasteiger partial charge in [-0.25, -0.2) is 4.98 Å². The number of anilines is 1. The maximum absolute atomic E-state index is 10.2. The molecular weight excluding hydrogens is 398 g/mol. The Morgan fingerprint density at radius 2 is 1.91 bits per heavy atom. The lowest BCUT2D eigenvalue weighted by Gasteiger charge is -2.28. The zero-order valence-electron chi connectivity index (χ0n) is 18.7. The number of piperidine rings is 1. The Labute approximate surface area is 190 Å². The zero-order valence-corrected chi connectivity index (χ0v) is 18.7. The largest absolute Gasteiger partial charge is 0.372 e. The molecule has 0 bridgehead atoms. The summed E-state index contributed by atoms with van der Waals surface area (Å²) in [6.45, 7) is 5.95. The van der Waals surface area contributed by atoms with Gasteiger partial charge in [-0.2, -0.15) is 5.26 Å². The van der Waals surface area contributed by atoms with Crippen LogP contribution < -0.4 is 10.2 Å². The van der Waals surface area contributed by atoms with E-state index in [1.807, 2.05) is 16.7 Å². The number of aromatic nitrogens is 2. The minimum absolute atomic E-state index is 0.600. The lowest BCUT2D eigenvalue weighted by atomic mass is 10.1. The standard InChI is InChI=1S/C14H14N4O.C12H17N/c15-7-12-1-3-13(4-2-12)9-18-10-17-8-14(18)5-6-16-11-19;1-11-6-5-7-12(10-11)13-8-3-2-4-9-13/h1-4,8,10-11H,5-6,9H2,(H,16,19);5-7,10H,2-4,8-9H2,1H3. The first kappa shape index (κ1) is 23.1. The van der Waals surface area contributed by atoms with Crippen LogP contribution in [0.5, 0.6) is 0 Å². The van der Waals surface area contributed by atoms with Gasteiger partial charge in [-0.1, -0.05) is 24.3 Å². The number of aryl methyl sites for hydroxylation is 1. The molecule has 0 radical (unpaired) electrons. The molecule has 1 aromatic heterocycles. The Morgan fingerprint density at radius 3 is 2.59 bits per heavy atom. The number of carbonyl (C=O) groups is 1. The van der Waals surface area contributed by atoms with Crippen LogP contribution in [0, 0.1) is 18.3 Å². The minimum Gasteiger partial charge on any atom is -0.372 e. The summed E-state index contributed by atoms with van der Waals surface area (Å²) in [4.78, 5) is 16.8. The van der Waals surface area contributed by atoms with E-state index in [0.29, 0.717) is 25.1 Å². The first-order chi connectivity index (χ1) is 15.7. The van der Waals surface area contributed by atoms with Gasteiger partial charge in [-0.3, -0.25) is 4.79 Å². The van der Waals surface area contributed by atoms with E-state index in [4.69, 9.17) is 5.26 Å². The lowest BCUT2D eigenvalue weighted by molar-refractivity contribution is -0.109. The monoisotopic (exact) mass is 429 g/mol. The second kappa shape index (κ2) is 12.3. The van der Waals surface area contributed by atoms with Crippen molar-refractivity contribution < 1.29 is 4.79 Å². The number of carbonyl (C=O) groups excluding carboxylic acids is 1. The minimum atomic E-state index is 0.600. The fourth-order valence-corrected chi connectivity index (χ4v) is 3.82. The molecule has 1 aliphatic rings. The number of hydrogen-bond donors (Lipinski definition) is 1. The van der Waals surface area contributed by atoms with Gasteiger partial charge in [0.15, 0.2) is 0 Å². The fraction of sp³-hybridized carbons (Fsp3) is 0.346. The molecule has 1 aliphatic heterocycles. The second-order valence-corrected chi connectivity index (χ2v) is 8.03. The number of imidazole rings is 1. The molecule has 4 rings (SSSR count). The summed E-state index contributed by atoms with van der Waals surface area (Å²) in [7, 11) is 0. The zero-order chi connectivity index (χ0) is 22.6. The Bertz CT molecular complexity index is 1010. The van der Waals surface area contributed by atoms with Crippen molar-refractivity contribution >= 4 is 12.1 Å². The molecule has 1 fully saturated rings. The number of nitriles is 1. The van der Waals surface area contributed by atoms with Crippen LogP contribution in [0.3, 0.4) is 0 Å². The van der Waals surface area contributed by atoms with Crippen LogP contribution in [0.25, 0.3) is 0 Å². The van der Waals surface area contributed by atoms with Gasteiger partial charge in [0.05, 0.1) is 18.0 Å². The molecule has 1 amide bonds. The summed E-state index contributed by atoms with van der Waals surface area (Å²) in [5.41, 5.74) is 5.60. The molecule has 0 aliphatic carbocycles. The van der Waals surface area contributed by atoms with Crippen LogP contribution in [-0.2, 0) is 17.8 Å². The molecule has 0 unspecified atom stereocenters. The number of hydrogen-bond acceptors (Lipinski definition) is 4. The molecule has 1 N–H and O–H groups in total. The normalized spacial score (nSPS) is 12.9. The van der Waals surface area contributed by atoms with E-state index in [1.165, 1.54) is 43.6 Å². The highest BCUT2D eigenvalue weighted by molar-refractivity contribution is 5.48. The molecule has 0 saturated carbocycles. The van der Waals surface area contributed by atoms with Crippen molar-refractivity contribution in [1.82, 2.24) is 14.9 Å². The topological polar surface area (TPSA) is 74.0 Å². The van der Waals surface area contributed by atoms with Crippen molar-refractivity contribution in [3.05, 3.63) is 83.4 Å². The molecule has 6 nitrogen and oxygen atoms in total. The lowest BCUT2D eigenvalue weighted by Crippen LogP contribution is -2.29. The van der Waals surface area contributed by atoms with Crippen LogP contribution in [0.15, 0.2) is 61.1 Å². The third-order valence-corrected chi connectivity index (χ3v) is 5.57. The van der Waals surface area contributed by atoms with Crippen molar-refractivity contribution in [3.63, 3.8) is 0 Å². The highest BCUT2D eigenvalue weighted by Crippen LogP contribution is 2.20. The Balaban J connectivity index is 0.000000193. The predicted molar refractivity (Wildman–Crippen MR) is 127 cm³/mol. The summed E-state index contributed by atoms with van der Waals surface area (Å²) in [5, 5.41) is 11.4. The van der Waals surface area contributed by atoms with Crippen LogP contribution >= 0.6 is 0 Å². The van der Waals surface area contributed by atoms with Crippen molar-refractivity contribution in [2.24, 2.45) is 0 Å². The van der Waals surface area contributed by atoms with Crippen molar-refractivity contribution in [2.45, 2.75) is 39.2 Å². The van der Waals surface area contributed by atoms with Crippen LogP contribution in [-0.4, -0.2) is 35.6 Å². The molecule has 3 aromatic rings. The van der Waals surface area contributed by atoms with Gasteiger partial charge < -0.3 is 14.8 Å². The van der Waals surface area contributed by atoms with Gasteiger partial charge in [0.1, 0.15) is 0 Å². The van der Waals surface area contributed by atoms with E-state index in [0.717, 1.165) is 17.7 Å². The van der Waals surface area contributed by atoms with Crippen LogP contribution in [0.4, 0.5) is 5.69 Å².